The summed E-state index contributed by atoms with van der Waals surface area (Å²) in [6.45, 7) is 7.60. The summed E-state index contributed by atoms with van der Waals surface area (Å²) in [4.78, 5) is 4.26. The third kappa shape index (κ3) is 1.80. The monoisotopic (exact) mass is 207 g/mol. The molecule has 0 atom stereocenters. The van der Waals surface area contributed by atoms with Gasteiger partial charge in [-0.15, -0.1) is 0 Å². The molecule has 0 bridgehead atoms. The van der Waals surface area contributed by atoms with Crippen molar-refractivity contribution in [1.82, 2.24) is 4.98 Å². The van der Waals surface area contributed by atoms with Gasteiger partial charge in [0.15, 0.2) is 0 Å². The van der Waals surface area contributed by atoms with Crippen molar-refractivity contribution < 1.29 is 0 Å². The van der Waals surface area contributed by atoms with E-state index in [-0.39, 0.29) is 0 Å². The first kappa shape index (κ1) is 10.4. The van der Waals surface area contributed by atoms with Gasteiger partial charge in [0.05, 0.1) is 5.69 Å². The van der Waals surface area contributed by atoms with Gasteiger partial charge >= 0.3 is 0 Å². The molecule has 1 nitrogen and oxygen atoms in total. The molecule has 1 heteroatoms. The highest BCUT2D eigenvalue weighted by Gasteiger charge is 2.05. The average Bonchev–Trinajstić information content (AvgIpc) is 2.38. The number of pyridine rings is 1. The topological polar surface area (TPSA) is 12.9 Å². The molecule has 16 heavy (non-hydrogen) atoms. The Hall–Kier alpha value is -2.15. The third-order valence-corrected chi connectivity index (χ3v) is 2.50. The lowest BCUT2D eigenvalue weighted by molar-refractivity contribution is 1.28. The van der Waals surface area contributed by atoms with Gasteiger partial charge in [-0.2, -0.15) is 0 Å². The lowest BCUT2D eigenvalue weighted by Gasteiger charge is -2.08. The zero-order chi connectivity index (χ0) is 11.4. The van der Waals surface area contributed by atoms with Gasteiger partial charge in [0.2, 0.25) is 0 Å². The van der Waals surface area contributed by atoms with Crippen LogP contribution in [0.25, 0.3) is 23.3 Å². The second-order valence-electron chi connectivity index (χ2n) is 3.43. The lowest BCUT2D eigenvalue weighted by Crippen LogP contribution is -1.90. The Morgan fingerprint density at radius 1 is 0.938 bits per heavy atom. The van der Waals surface area contributed by atoms with E-state index in [9.17, 15) is 0 Å². The zero-order valence-corrected chi connectivity index (χ0v) is 9.06. The molecule has 0 radical (unpaired) electrons. The molecule has 2 aromatic rings. The van der Waals surface area contributed by atoms with Gasteiger partial charge in [0, 0.05) is 11.8 Å². The van der Waals surface area contributed by atoms with Crippen molar-refractivity contribution in [3.05, 3.63) is 67.0 Å². The fraction of sp³-hybridized carbons (Fsp3) is 0. The largest absolute Gasteiger partial charge is 0.256 e. The summed E-state index contributed by atoms with van der Waals surface area (Å²) in [5, 5.41) is 0. The molecule has 78 valence electrons. The van der Waals surface area contributed by atoms with Crippen LogP contribution in [0.4, 0.5) is 0 Å². The van der Waals surface area contributed by atoms with Crippen molar-refractivity contribution in [1.29, 1.82) is 0 Å². The van der Waals surface area contributed by atoms with Crippen LogP contribution in [0.5, 0.6) is 0 Å². The number of rotatable bonds is 3. The minimum absolute atomic E-state index is 0.872. The predicted octanol–water partition coefficient (Wildman–Crippen LogP) is 4.03. The summed E-state index contributed by atoms with van der Waals surface area (Å²) >= 11 is 0. The third-order valence-electron chi connectivity index (χ3n) is 2.50. The Morgan fingerprint density at radius 3 is 2.31 bits per heavy atom. The van der Waals surface area contributed by atoms with E-state index in [1.165, 1.54) is 5.56 Å². The highest BCUT2D eigenvalue weighted by atomic mass is 14.7. The number of hydrogen-bond donors (Lipinski definition) is 0. The molecular formula is C15H13N. The summed E-state index contributed by atoms with van der Waals surface area (Å²) in [6.07, 6.45) is 5.38. The van der Waals surface area contributed by atoms with Crippen LogP contribution in [0.3, 0.4) is 0 Å². The normalized spacial score (nSPS) is 9.75. The van der Waals surface area contributed by atoms with E-state index in [4.69, 9.17) is 0 Å². The molecule has 0 saturated carbocycles. The molecule has 0 aliphatic carbocycles. The first-order valence-corrected chi connectivity index (χ1v) is 5.16. The summed E-state index contributed by atoms with van der Waals surface area (Å²) in [5.41, 5.74) is 4.21. The van der Waals surface area contributed by atoms with Crippen LogP contribution in [0.15, 0.2) is 55.8 Å². The van der Waals surface area contributed by atoms with Crippen molar-refractivity contribution in [2.24, 2.45) is 0 Å². The molecule has 0 aliphatic rings. The summed E-state index contributed by atoms with van der Waals surface area (Å²) in [7, 11) is 0. The number of nitrogens with zero attached hydrogens (tertiary/aromatic N) is 1. The maximum absolute atomic E-state index is 4.26. The summed E-state index contributed by atoms with van der Waals surface area (Å²) in [5.74, 6) is 0. The van der Waals surface area contributed by atoms with Crippen molar-refractivity contribution in [3.63, 3.8) is 0 Å². The zero-order valence-electron chi connectivity index (χ0n) is 9.06. The van der Waals surface area contributed by atoms with Crippen LogP contribution in [-0.4, -0.2) is 4.98 Å². The summed E-state index contributed by atoms with van der Waals surface area (Å²) < 4.78 is 0. The molecule has 0 spiro atoms. The van der Waals surface area contributed by atoms with Crippen molar-refractivity contribution >= 4 is 12.2 Å². The maximum atomic E-state index is 4.26. The van der Waals surface area contributed by atoms with Crippen LogP contribution in [0, 0.1) is 0 Å². The van der Waals surface area contributed by atoms with Crippen LogP contribution < -0.4 is 0 Å². The van der Waals surface area contributed by atoms with Crippen LogP contribution in [-0.2, 0) is 0 Å². The molecule has 0 amide bonds. The van der Waals surface area contributed by atoms with Crippen molar-refractivity contribution in [3.8, 4) is 11.1 Å². The lowest BCUT2D eigenvalue weighted by atomic mass is 9.99. The second-order valence-corrected chi connectivity index (χ2v) is 3.43. The quantitative estimate of drug-likeness (QED) is 0.740. The van der Waals surface area contributed by atoms with Gasteiger partial charge < -0.3 is 0 Å². The van der Waals surface area contributed by atoms with Crippen LogP contribution >= 0.6 is 0 Å². The summed E-state index contributed by atoms with van der Waals surface area (Å²) in [6, 6.07) is 12.2. The second kappa shape index (κ2) is 4.58. The van der Waals surface area contributed by atoms with Crippen LogP contribution in [0.1, 0.15) is 11.3 Å². The molecule has 1 aromatic carbocycles. The first-order valence-electron chi connectivity index (χ1n) is 5.16. The highest BCUT2D eigenvalue weighted by molar-refractivity contribution is 5.78. The minimum atomic E-state index is 0.872. The van der Waals surface area contributed by atoms with E-state index in [1.807, 2.05) is 30.3 Å². The Balaban J connectivity index is 2.66. The van der Waals surface area contributed by atoms with E-state index in [0.717, 1.165) is 16.8 Å². The molecule has 0 saturated heterocycles. The van der Waals surface area contributed by atoms with Gasteiger partial charge in [-0.1, -0.05) is 49.6 Å². The molecule has 0 unspecified atom stereocenters. The number of hydrogen-bond acceptors (Lipinski definition) is 1. The molecule has 0 fully saturated rings. The fourth-order valence-electron chi connectivity index (χ4n) is 1.74. The van der Waals surface area contributed by atoms with E-state index in [1.54, 1.807) is 12.3 Å². The van der Waals surface area contributed by atoms with Gasteiger partial charge in [0.1, 0.15) is 0 Å². The SMILES string of the molecule is C=Cc1nccc(-c2ccccc2)c1C=C. The van der Waals surface area contributed by atoms with Gasteiger partial charge in [-0.05, 0) is 23.3 Å². The molecule has 1 aromatic heterocycles. The van der Waals surface area contributed by atoms with E-state index < -0.39 is 0 Å². The predicted molar refractivity (Wildman–Crippen MR) is 69.9 cm³/mol. The molecule has 0 N–H and O–H groups in total. The van der Waals surface area contributed by atoms with E-state index in [0.29, 0.717) is 0 Å². The Bertz CT molecular complexity index is 512. The maximum Gasteiger partial charge on any atom is 0.0702 e. The molecule has 0 aliphatic heterocycles. The number of benzene rings is 1. The average molecular weight is 207 g/mol. The molecular weight excluding hydrogens is 194 g/mol. The molecule has 2 rings (SSSR count). The van der Waals surface area contributed by atoms with E-state index >= 15 is 0 Å². The van der Waals surface area contributed by atoms with Gasteiger partial charge in [-0.3, -0.25) is 4.98 Å². The fourth-order valence-corrected chi connectivity index (χ4v) is 1.74. The highest BCUT2D eigenvalue weighted by Crippen LogP contribution is 2.26. The van der Waals surface area contributed by atoms with Gasteiger partial charge in [-0.25, -0.2) is 0 Å². The number of aromatic nitrogens is 1. The van der Waals surface area contributed by atoms with Gasteiger partial charge in [0.25, 0.3) is 0 Å². The smallest absolute Gasteiger partial charge is 0.0702 e. The first-order chi connectivity index (χ1) is 7.86. The Labute approximate surface area is 95.8 Å². The van der Waals surface area contributed by atoms with E-state index in [2.05, 4.69) is 30.3 Å². The Morgan fingerprint density at radius 2 is 1.69 bits per heavy atom. The van der Waals surface area contributed by atoms with Crippen molar-refractivity contribution in [2.45, 2.75) is 0 Å². The van der Waals surface area contributed by atoms with Crippen LogP contribution in [0.2, 0.25) is 0 Å². The molecule has 1 heterocycles. The minimum Gasteiger partial charge on any atom is -0.256 e. The Kier molecular flexibility index (Phi) is 2.97. The standard InChI is InChI=1S/C15H13N/c1-3-13-14(10-11-16-15(13)4-2)12-8-6-5-7-9-12/h3-11H,1-2H2. The van der Waals surface area contributed by atoms with Crippen molar-refractivity contribution in [2.75, 3.05) is 0 Å².